The maximum Gasteiger partial charge on any atom is 0.327 e. The maximum absolute atomic E-state index is 9.25. The Kier molecular flexibility index (Phi) is 34.0. The molecule has 8 heteroatoms. The number of rotatable bonds is 5. The summed E-state index contributed by atoms with van der Waals surface area (Å²) < 4.78 is 7.98. The number of hydrogen-bond acceptors (Lipinski definition) is 5. The summed E-state index contributed by atoms with van der Waals surface area (Å²) in [7, 11) is 0. The van der Waals surface area contributed by atoms with Gasteiger partial charge in [0, 0.05) is 24.0 Å². The van der Waals surface area contributed by atoms with Crippen LogP contribution in [-0.4, -0.2) is 43.5 Å². The van der Waals surface area contributed by atoms with Crippen molar-refractivity contribution in [1.82, 2.24) is 0 Å². The Bertz CT molecular complexity index is 255. The summed E-state index contributed by atoms with van der Waals surface area (Å²) in [5.41, 5.74) is 0. The molecule has 0 aliphatic carbocycles. The minimum atomic E-state index is -0.981. The SMILES string of the molecule is C=CC(=O)O.C=CC(=O)O.C=CC(=O)O.CCCSO. The average Bonchev–Trinajstić information content (AvgIpc) is 2.41. The second-order valence-corrected chi connectivity index (χ2v) is 3.13. The summed E-state index contributed by atoms with van der Waals surface area (Å²) in [4.78, 5) is 27.8. The second-order valence-electron chi connectivity index (χ2n) is 2.46. The van der Waals surface area contributed by atoms with Crippen LogP contribution in [0.2, 0.25) is 0 Å². The Hall–Kier alpha value is -2.06. The van der Waals surface area contributed by atoms with E-state index in [0.29, 0.717) is 0 Å². The molecule has 0 aromatic heterocycles. The first-order valence-electron chi connectivity index (χ1n) is 5.05. The third-order valence-corrected chi connectivity index (χ3v) is 1.41. The van der Waals surface area contributed by atoms with Crippen molar-refractivity contribution < 1.29 is 34.3 Å². The van der Waals surface area contributed by atoms with Crippen LogP contribution >= 0.6 is 12.0 Å². The number of hydrogen-bond donors (Lipinski definition) is 4. The Balaban J connectivity index is -0.0000000853. The topological polar surface area (TPSA) is 132 Å². The highest BCUT2D eigenvalue weighted by atomic mass is 32.2. The minimum Gasteiger partial charge on any atom is -0.478 e. The van der Waals surface area contributed by atoms with E-state index in [0.717, 1.165) is 42.4 Å². The molecule has 0 spiro atoms. The highest BCUT2D eigenvalue weighted by molar-refractivity contribution is 7.93. The van der Waals surface area contributed by atoms with E-state index in [9.17, 15) is 14.4 Å². The van der Waals surface area contributed by atoms with Crippen LogP contribution in [0.3, 0.4) is 0 Å². The highest BCUT2D eigenvalue weighted by Crippen LogP contribution is 1.90. The third kappa shape index (κ3) is 101. The van der Waals surface area contributed by atoms with Gasteiger partial charge in [-0.15, -0.1) is 0 Å². The molecule has 0 radical (unpaired) electrons. The molecule has 0 unspecified atom stereocenters. The van der Waals surface area contributed by atoms with E-state index in [1.807, 2.05) is 6.92 Å². The van der Waals surface area contributed by atoms with Gasteiger partial charge in [0.15, 0.2) is 0 Å². The van der Waals surface area contributed by atoms with Crippen molar-refractivity contribution in [3.63, 3.8) is 0 Å². The fraction of sp³-hybridized carbons (Fsp3) is 0.250. The van der Waals surface area contributed by atoms with Gasteiger partial charge in [-0.3, -0.25) is 0 Å². The third-order valence-electron chi connectivity index (χ3n) is 0.819. The average molecular weight is 308 g/mol. The van der Waals surface area contributed by atoms with Crippen LogP contribution in [0.25, 0.3) is 0 Å². The molecule has 116 valence electrons. The largest absolute Gasteiger partial charge is 0.478 e. The van der Waals surface area contributed by atoms with Crippen molar-refractivity contribution in [2.75, 3.05) is 5.75 Å². The molecule has 0 aromatic carbocycles. The number of carbonyl (C=O) groups is 3. The first-order valence-corrected chi connectivity index (χ1v) is 5.99. The van der Waals surface area contributed by atoms with Crippen LogP contribution in [0.15, 0.2) is 38.0 Å². The van der Waals surface area contributed by atoms with E-state index in [2.05, 4.69) is 19.7 Å². The van der Waals surface area contributed by atoms with Crippen LogP contribution in [0.1, 0.15) is 13.3 Å². The van der Waals surface area contributed by atoms with Gasteiger partial charge in [-0.05, 0) is 18.5 Å². The molecule has 0 aliphatic heterocycles. The zero-order valence-corrected chi connectivity index (χ0v) is 12.0. The Morgan fingerprint density at radius 1 is 0.900 bits per heavy atom. The molecule has 0 aromatic rings. The van der Waals surface area contributed by atoms with Gasteiger partial charge in [-0.25, -0.2) is 14.4 Å². The maximum atomic E-state index is 9.25. The number of aliphatic carboxylic acids is 3. The predicted molar refractivity (Wildman–Crippen MR) is 78.9 cm³/mol. The van der Waals surface area contributed by atoms with Crippen LogP contribution < -0.4 is 0 Å². The van der Waals surface area contributed by atoms with E-state index in [4.69, 9.17) is 19.9 Å². The molecule has 0 aliphatic rings. The van der Waals surface area contributed by atoms with Crippen LogP contribution in [0.5, 0.6) is 0 Å². The molecule has 0 rings (SSSR count). The van der Waals surface area contributed by atoms with Crippen molar-refractivity contribution in [3.8, 4) is 0 Å². The van der Waals surface area contributed by atoms with Crippen molar-refractivity contribution in [2.45, 2.75) is 13.3 Å². The molecule has 0 saturated heterocycles. The molecule has 20 heavy (non-hydrogen) atoms. The molecule has 0 amide bonds. The van der Waals surface area contributed by atoms with Crippen molar-refractivity contribution >= 4 is 30.0 Å². The quantitative estimate of drug-likeness (QED) is 0.449. The first-order chi connectivity index (χ1) is 9.22. The van der Waals surface area contributed by atoms with E-state index in [1.165, 1.54) is 0 Å². The molecule has 7 nitrogen and oxygen atoms in total. The lowest BCUT2D eigenvalue weighted by Gasteiger charge is -1.78. The van der Waals surface area contributed by atoms with Crippen molar-refractivity contribution in [3.05, 3.63) is 38.0 Å². The van der Waals surface area contributed by atoms with Gasteiger partial charge in [-0.1, -0.05) is 26.7 Å². The minimum absolute atomic E-state index is 0.833. The smallest absolute Gasteiger partial charge is 0.327 e. The van der Waals surface area contributed by atoms with Crippen LogP contribution in [-0.2, 0) is 14.4 Å². The van der Waals surface area contributed by atoms with Crippen molar-refractivity contribution in [2.24, 2.45) is 0 Å². The monoisotopic (exact) mass is 308 g/mol. The normalized spacial score (nSPS) is 6.90. The van der Waals surface area contributed by atoms with Gasteiger partial charge in [0.2, 0.25) is 0 Å². The van der Waals surface area contributed by atoms with E-state index in [1.54, 1.807) is 0 Å². The summed E-state index contributed by atoms with van der Waals surface area (Å²) in [6, 6.07) is 0. The lowest BCUT2D eigenvalue weighted by Crippen LogP contribution is -1.82. The summed E-state index contributed by atoms with van der Waals surface area (Å²) in [6.07, 6.45) is 3.56. The summed E-state index contributed by atoms with van der Waals surface area (Å²) in [6.45, 7) is 10.9. The zero-order chi connectivity index (χ0) is 17.0. The Morgan fingerprint density at radius 2 is 1.10 bits per heavy atom. The van der Waals surface area contributed by atoms with E-state index in [-0.39, 0.29) is 0 Å². The van der Waals surface area contributed by atoms with Crippen LogP contribution in [0.4, 0.5) is 0 Å². The van der Waals surface area contributed by atoms with Gasteiger partial charge in [-0.2, -0.15) is 0 Å². The van der Waals surface area contributed by atoms with Crippen molar-refractivity contribution in [1.29, 1.82) is 0 Å². The van der Waals surface area contributed by atoms with Gasteiger partial charge >= 0.3 is 17.9 Å². The lowest BCUT2D eigenvalue weighted by molar-refractivity contribution is -0.132. The molecule has 0 atom stereocenters. The Morgan fingerprint density at radius 3 is 1.10 bits per heavy atom. The highest BCUT2D eigenvalue weighted by Gasteiger charge is 1.74. The number of carboxylic acid groups (broad SMARTS) is 3. The zero-order valence-electron chi connectivity index (χ0n) is 11.2. The molecular formula is C12H20O7S. The van der Waals surface area contributed by atoms with E-state index < -0.39 is 17.9 Å². The molecular weight excluding hydrogens is 288 g/mol. The van der Waals surface area contributed by atoms with Gasteiger partial charge in [0.1, 0.15) is 0 Å². The Labute approximate surface area is 122 Å². The summed E-state index contributed by atoms with van der Waals surface area (Å²) in [5.74, 6) is -2.08. The van der Waals surface area contributed by atoms with Gasteiger partial charge < -0.3 is 19.9 Å². The lowest BCUT2D eigenvalue weighted by atomic mass is 10.6. The molecule has 4 N–H and O–H groups in total. The standard InChI is InChI=1S/3C3H4O2.C3H8OS/c3*1-2-3(4)5;1-2-3-5-4/h3*2H,1H2,(H,4,5);4H,2-3H2,1H3. The fourth-order valence-electron chi connectivity index (χ4n) is 0.0913. The van der Waals surface area contributed by atoms with Gasteiger partial charge in [0.05, 0.1) is 0 Å². The number of carboxylic acids is 3. The fourth-order valence-corrected chi connectivity index (χ4v) is 0.274. The molecule has 0 fully saturated rings. The summed E-state index contributed by atoms with van der Waals surface area (Å²) in [5, 5.41) is 22.8. The summed E-state index contributed by atoms with van der Waals surface area (Å²) >= 11 is 0.902. The molecule has 0 saturated carbocycles. The predicted octanol–water partition coefficient (Wildman–Crippen LogP) is 2.37. The van der Waals surface area contributed by atoms with Crippen LogP contribution in [0, 0.1) is 0 Å². The molecule has 0 bridgehead atoms. The second kappa shape index (κ2) is 25.7. The molecule has 0 heterocycles. The van der Waals surface area contributed by atoms with Gasteiger partial charge in [0.25, 0.3) is 0 Å². The first kappa shape index (κ1) is 26.5. The van der Waals surface area contributed by atoms with E-state index >= 15 is 0 Å².